The van der Waals surface area contributed by atoms with E-state index in [-0.39, 0.29) is 11.3 Å². The number of ether oxygens (including phenoxy) is 1. The van der Waals surface area contributed by atoms with Crippen LogP contribution in [0.15, 0.2) is 48.5 Å². The minimum absolute atomic E-state index is 0.0143. The van der Waals surface area contributed by atoms with Crippen molar-refractivity contribution in [2.45, 2.75) is 0 Å². The van der Waals surface area contributed by atoms with Crippen LogP contribution in [0.5, 0.6) is 11.5 Å². The second-order valence-corrected chi connectivity index (χ2v) is 3.46. The first-order valence-corrected chi connectivity index (χ1v) is 5.12. The Morgan fingerprint density at radius 3 is 2.44 bits per heavy atom. The highest BCUT2D eigenvalue weighted by atomic mass is 16.6. The van der Waals surface area contributed by atoms with Gasteiger partial charge in [-0.1, -0.05) is 18.2 Å². The summed E-state index contributed by atoms with van der Waals surface area (Å²) in [4.78, 5) is 10.2. The number of nitro groups is 1. The van der Waals surface area contributed by atoms with Crippen LogP contribution >= 0.6 is 0 Å². The highest BCUT2D eigenvalue weighted by Gasteiger charge is 2.14. The molecule has 0 radical (unpaired) electrons. The summed E-state index contributed by atoms with van der Waals surface area (Å²) >= 11 is 0. The zero-order valence-corrected chi connectivity index (χ0v) is 9.24. The summed E-state index contributed by atoms with van der Waals surface area (Å²) in [6.45, 7) is 0. The molecule has 0 aromatic heterocycles. The van der Waals surface area contributed by atoms with Crippen molar-refractivity contribution in [3.05, 3.63) is 64.2 Å². The van der Waals surface area contributed by atoms with Gasteiger partial charge in [-0.3, -0.25) is 10.1 Å². The highest BCUT2D eigenvalue weighted by molar-refractivity contribution is 5.52. The standard InChI is InChI=1S/C13H8N2O3/c14-9-10-6-7-12(8-13(10)15(16)17)18-11-4-2-1-3-5-11/h1-8H. The number of nitriles is 1. The average molecular weight is 240 g/mol. The van der Waals surface area contributed by atoms with Gasteiger partial charge in [0, 0.05) is 0 Å². The van der Waals surface area contributed by atoms with Crippen LogP contribution in [-0.2, 0) is 0 Å². The third-order valence-corrected chi connectivity index (χ3v) is 2.27. The molecule has 0 N–H and O–H groups in total. The quantitative estimate of drug-likeness (QED) is 0.609. The van der Waals surface area contributed by atoms with Crippen LogP contribution in [0.4, 0.5) is 5.69 Å². The van der Waals surface area contributed by atoms with Gasteiger partial charge in [-0.2, -0.15) is 5.26 Å². The van der Waals surface area contributed by atoms with Gasteiger partial charge in [0.15, 0.2) is 0 Å². The predicted molar refractivity (Wildman–Crippen MR) is 64.3 cm³/mol. The SMILES string of the molecule is N#Cc1ccc(Oc2ccccc2)cc1[N+](=O)[O-]. The van der Waals surface area contributed by atoms with E-state index in [0.717, 1.165) is 0 Å². The topological polar surface area (TPSA) is 76.2 Å². The first-order valence-electron chi connectivity index (χ1n) is 5.12. The summed E-state index contributed by atoms with van der Waals surface area (Å²) in [5, 5.41) is 19.5. The highest BCUT2D eigenvalue weighted by Crippen LogP contribution is 2.27. The maximum Gasteiger partial charge on any atom is 0.290 e. The number of benzene rings is 2. The number of para-hydroxylation sites is 1. The lowest BCUT2D eigenvalue weighted by Crippen LogP contribution is -1.93. The van der Waals surface area contributed by atoms with Gasteiger partial charge in [-0.15, -0.1) is 0 Å². The van der Waals surface area contributed by atoms with Gasteiger partial charge in [0.05, 0.1) is 11.0 Å². The molecule has 0 heterocycles. The molecule has 88 valence electrons. The number of nitrogens with zero attached hydrogens (tertiary/aromatic N) is 2. The summed E-state index contributed by atoms with van der Waals surface area (Å²) in [6.07, 6.45) is 0. The van der Waals surface area contributed by atoms with Crippen LogP contribution in [0.2, 0.25) is 0 Å². The largest absolute Gasteiger partial charge is 0.457 e. The fraction of sp³-hybridized carbons (Fsp3) is 0. The Bertz CT molecular complexity index is 618. The van der Waals surface area contributed by atoms with Crippen molar-refractivity contribution in [1.29, 1.82) is 5.26 Å². The van der Waals surface area contributed by atoms with Gasteiger partial charge < -0.3 is 4.74 Å². The Morgan fingerprint density at radius 2 is 1.83 bits per heavy atom. The smallest absolute Gasteiger partial charge is 0.290 e. The first kappa shape index (κ1) is 11.6. The number of rotatable bonds is 3. The van der Waals surface area contributed by atoms with Crippen molar-refractivity contribution < 1.29 is 9.66 Å². The number of hydrogen-bond donors (Lipinski definition) is 0. The van der Waals surface area contributed by atoms with E-state index < -0.39 is 4.92 Å². The average Bonchev–Trinajstić information content (AvgIpc) is 2.40. The lowest BCUT2D eigenvalue weighted by Gasteiger charge is -2.05. The Morgan fingerprint density at radius 1 is 1.11 bits per heavy atom. The molecule has 0 saturated carbocycles. The third kappa shape index (κ3) is 2.44. The van der Waals surface area contributed by atoms with Crippen molar-refractivity contribution in [2.75, 3.05) is 0 Å². The summed E-state index contributed by atoms with van der Waals surface area (Å²) in [7, 11) is 0. The number of nitro benzene ring substituents is 1. The molecular weight excluding hydrogens is 232 g/mol. The summed E-state index contributed by atoms with van der Waals surface area (Å²) in [5.41, 5.74) is -0.244. The van der Waals surface area contributed by atoms with E-state index in [1.165, 1.54) is 18.2 Å². The van der Waals surface area contributed by atoms with Crippen LogP contribution in [0.25, 0.3) is 0 Å². The molecule has 0 aliphatic rings. The molecule has 0 saturated heterocycles. The molecule has 5 heteroatoms. The molecule has 0 aliphatic carbocycles. The molecule has 0 bridgehead atoms. The normalized spacial score (nSPS) is 9.50. The monoisotopic (exact) mass is 240 g/mol. The fourth-order valence-corrected chi connectivity index (χ4v) is 1.45. The Kier molecular flexibility index (Phi) is 3.21. The molecule has 2 aromatic rings. The van der Waals surface area contributed by atoms with Crippen LogP contribution in [0.1, 0.15) is 5.56 Å². The van der Waals surface area contributed by atoms with Gasteiger partial charge in [-0.25, -0.2) is 0 Å². The van der Waals surface area contributed by atoms with Gasteiger partial charge in [0.25, 0.3) is 5.69 Å². The molecule has 5 nitrogen and oxygen atoms in total. The van der Waals surface area contributed by atoms with Crippen molar-refractivity contribution in [3.8, 4) is 17.6 Å². The maximum absolute atomic E-state index is 10.8. The second-order valence-electron chi connectivity index (χ2n) is 3.46. The first-order chi connectivity index (χ1) is 8.70. The lowest BCUT2D eigenvalue weighted by atomic mass is 10.2. The lowest BCUT2D eigenvalue weighted by molar-refractivity contribution is -0.385. The molecule has 0 amide bonds. The molecular formula is C13H8N2O3. The van der Waals surface area contributed by atoms with Gasteiger partial charge >= 0.3 is 0 Å². The summed E-state index contributed by atoms with van der Waals surface area (Å²) in [6, 6.07) is 14.8. The van der Waals surface area contributed by atoms with E-state index in [1.807, 2.05) is 6.07 Å². The molecule has 0 spiro atoms. The second kappa shape index (κ2) is 4.97. The summed E-state index contributed by atoms with van der Waals surface area (Å²) in [5.74, 6) is 0.906. The third-order valence-electron chi connectivity index (χ3n) is 2.27. The molecule has 0 atom stereocenters. The van der Waals surface area contributed by atoms with Crippen LogP contribution in [0.3, 0.4) is 0 Å². The zero-order chi connectivity index (χ0) is 13.0. The van der Waals surface area contributed by atoms with Crippen molar-refractivity contribution >= 4 is 5.69 Å². The van der Waals surface area contributed by atoms with E-state index in [2.05, 4.69) is 0 Å². The van der Waals surface area contributed by atoms with Gasteiger partial charge in [-0.05, 0) is 24.3 Å². The number of hydrogen-bond acceptors (Lipinski definition) is 4. The minimum Gasteiger partial charge on any atom is -0.457 e. The Labute approximate surface area is 103 Å². The minimum atomic E-state index is -0.601. The van der Waals surface area contributed by atoms with Crippen LogP contribution in [0, 0.1) is 21.4 Å². The van der Waals surface area contributed by atoms with E-state index in [4.69, 9.17) is 10.00 Å². The van der Waals surface area contributed by atoms with E-state index >= 15 is 0 Å². The molecule has 0 unspecified atom stereocenters. The van der Waals surface area contributed by atoms with Crippen molar-refractivity contribution in [2.24, 2.45) is 0 Å². The molecule has 18 heavy (non-hydrogen) atoms. The summed E-state index contributed by atoms with van der Waals surface area (Å²) < 4.78 is 5.45. The van der Waals surface area contributed by atoms with E-state index in [0.29, 0.717) is 11.5 Å². The molecule has 2 aromatic carbocycles. The Hall–Kier alpha value is -2.87. The van der Waals surface area contributed by atoms with Crippen molar-refractivity contribution in [1.82, 2.24) is 0 Å². The van der Waals surface area contributed by atoms with Crippen LogP contribution in [-0.4, -0.2) is 4.92 Å². The molecule has 0 fully saturated rings. The van der Waals surface area contributed by atoms with E-state index in [9.17, 15) is 10.1 Å². The van der Waals surface area contributed by atoms with E-state index in [1.54, 1.807) is 30.3 Å². The fourth-order valence-electron chi connectivity index (χ4n) is 1.45. The Balaban J connectivity index is 2.34. The van der Waals surface area contributed by atoms with Gasteiger partial charge in [0.1, 0.15) is 23.1 Å². The van der Waals surface area contributed by atoms with Gasteiger partial charge in [0.2, 0.25) is 0 Å². The maximum atomic E-state index is 10.8. The van der Waals surface area contributed by atoms with Crippen LogP contribution < -0.4 is 4.74 Å². The molecule has 2 rings (SSSR count). The predicted octanol–water partition coefficient (Wildman–Crippen LogP) is 3.26. The van der Waals surface area contributed by atoms with Crippen molar-refractivity contribution in [3.63, 3.8) is 0 Å². The zero-order valence-electron chi connectivity index (χ0n) is 9.24. The molecule has 0 aliphatic heterocycles.